The van der Waals surface area contributed by atoms with Gasteiger partial charge in [-0.2, -0.15) is 0 Å². The van der Waals surface area contributed by atoms with Gasteiger partial charge in [0, 0.05) is 19.6 Å². The Labute approximate surface area is 87.8 Å². The van der Waals surface area contributed by atoms with Crippen LogP contribution in [0.15, 0.2) is 0 Å². The quantitative estimate of drug-likeness (QED) is 0.660. The number of unbranched alkanes of at least 4 members (excludes halogenated alkanes) is 1. The molecule has 0 aromatic heterocycles. The number of nitrogens with one attached hydrogen (secondary N) is 1. The van der Waals surface area contributed by atoms with Crippen LogP contribution in [-0.4, -0.2) is 37.9 Å². The van der Waals surface area contributed by atoms with Gasteiger partial charge in [-0.3, -0.25) is 5.43 Å². The van der Waals surface area contributed by atoms with Crippen molar-refractivity contribution >= 4 is 0 Å². The summed E-state index contributed by atoms with van der Waals surface area (Å²) >= 11 is 0. The van der Waals surface area contributed by atoms with Crippen LogP contribution < -0.4 is 5.43 Å². The number of ether oxygens (including phenoxy) is 1. The van der Waals surface area contributed by atoms with E-state index in [1.54, 1.807) is 0 Å². The van der Waals surface area contributed by atoms with Crippen molar-refractivity contribution in [1.82, 2.24) is 10.4 Å². The predicted octanol–water partition coefficient (Wildman–Crippen LogP) is 1.65. The van der Waals surface area contributed by atoms with Crippen LogP contribution in [-0.2, 0) is 4.74 Å². The molecule has 0 aliphatic carbocycles. The normalized spacial score (nSPS) is 19.1. The summed E-state index contributed by atoms with van der Waals surface area (Å²) in [7, 11) is 0. The molecular weight excluding hydrogens is 176 g/mol. The molecule has 1 N–H and O–H groups in total. The van der Waals surface area contributed by atoms with Crippen LogP contribution in [0.25, 0.3) is 0 Å². The molecule has 1 aliphatic heterocycles. The molecule has 0 atom stereocenters. The number of rotatable bonds is 6. The third-order valence-electron chi connectivity index (χ3n) is 2.55. The van der Waals surface area contributed by atoms with Crippen molar-refractivity contribution in [2.75, 3.05) is 32.8 Å². The lowest BCUT2D eigenvalue weighted by atomic mass is 10.1. The van der Waals surface area contributed by atoms with E-state index in [1.807, 2.05) is 0 Å². The van der Waals surface area contributed by atoms with Crippen molar-refractivity contribution in [2.24, 2.45) is 5.92 Å². The molecular formula is C11H24N2O. The van der Waals surface area contributed by atoms with Crippen LogP contribution in [0.1, 0.15) is 33.1 Å². The van der Waals surface area contributed by atoms with Gasteiger partial charge in [0.2, 0.25) is 0 Å². The largest absolute Gasteiger partial charge is 0.379 e. The van der Waals surface area contributed by atoms with Crippen LogP contribution in [0.2, 0.25) is 0 Å². The first-order valence-corrected chi connectivity index (χ1v) is 5.85. The topological polar surface area (TPSA) is 24.5 Å². The van der Waals surface area contributed by atoms with E-state index in [1.165, 1.54) is 19.3 Å². The summed E-state index contributed by atoms with van der Waals surface area (Å²) in [5, 5.41) is 2.28. The maximum absolute atomic E-state index is 5.28. The molecule has 0 spiro atoms. The van der Waals surface area contributed by atoms with Gasteiger partial charge in [-0.1, -0.05) is 26.7 Å². The molecule has 3 nitrogen and oxygen atoms in total. The summed E-state index contributed by atoms with van der Waals surface area (Å²) in [5.74, 6) is 0.846. The average molecular weight is 200 g/mol. The van der Waals surface area contributed by atoms with E-state index >= 15 is 0 Å². The maximum Gasteiger partial charge on any atom is 0.0608 e. The minimum absolute atomic E-state index is 0.846. The first-order valence-electron chi connectivity index (χ1n) is 5.85. The number of hydrazine groups is 1. The smallest absolute Gasteiger partial charge is 0.0608 e. The van der Waals surface area contributed by atoms with Crippen molar-refractivity contribution < 1.29 is 4.74 Å². The van der Waals surface area contributed by atoms with Crippen LogP contribution in [0, 0.1) is 5.92 Å². The predicted molar refractivity (Wildman–Crippen MR) is 59.1 cm³/mol. The van der Waals surface area contributed by atoms with E-state index < -0.39 is 0 Å². The van der Waals surface area contributed by atoms with Crippen molar-refractivity contribution in [3.8, 4) is 0 Å². The zero-order valence-corrected chi connectivity index (χ0v) is 9.59. The van der Waals surface area contributed by atoms with Crippen molar-refractivity contribution in [2.45, 2.75) is 33.1 Å². The molecule has 1 fully saturated rings. The first-order chi connectivity index (χ1) is 6.79. The lowest BCUT2D eigenvalue weighted by molar-refractivity contribution is 0.0118. The molecule has 0 aromatic rings. The minimum atomic E-state index is 0.846. The summed E-state index contributed by atoms with van der Waals surface area (Å²) < 4.78 is 5.28. The van der Waals surface area contributed by atoms with Gasteiger partial charge in [0.25, 0.3) is 0 Å². The van der Waals surface area contributed by atoms with E-state index in [4.69, 9.17) is 4.74 Å². The standard InChI is InChI=1S/C11H24N2O/c1-11(2)5-3-4-6-12-13-7-9-14-10-8-13/h11-12H,3-10H2,1-2H3. The van der Waals surface area contributed by atoms with E-state index in [9.17, 15) is 0 Å². The second-order valence-electron chi connectivity index (χ2n) is 4.40. The van der Waals surface area contributed by atoms with Gasteiger partial charge >= 0.3 is 0 Å². The van der Waals surface area contributed by atoms with Gasteiger partial charge in [-0.15, -0.1) is 0 Å². The van der Waals surface area contributed by atoms with Crippen molar-refractivity contribution in [1.29, 1.82) is 0 Å². The number of nitrogens with zero attached hydrogens (tertiary/aromatic N) is 1. The highest BCUT2D eigenvalue weighted by Gasteiger charge is 2.08. The number of hydrogen-bond donors (Lipinski definition) is 1. The van der Waals surface area contributed by atoms with Crippen molar-refractivity contribution in [3.63, 3.8) is 0 Å². The fraction of sp³-hybridized carbons (Fsp3) is 1.00. The molecule has 0 radical (unpaired) electrons. The summed E-state index contributed by atoms with van der Waals surface area (Å²) in [6, 6.07) is 0. The van der Waals surface area contributed by atoms with Gasteiger partial charge in [0.1, 0.15) is 0 Å². The summed E-state index contributed by atoms with van der Waals surface area (Å²) in [6.45, 7) is 9.50. The summed E-state index contributed by atoms with van der Waals surface area (Å²) in [4.78, 5) is 0. The summed E-state index contributed by atoms with van der Waals surface area (Å²) in [6.07, 6.45) is 3.98. The van der Waals surface area contributed by atoms with Gasteiger partial charge < -0.3 is 4.74 Å². The zero-order valence-electron chi connectivity index (χ0n) is 9.59. The van der Waals surface area contributed by atoms with E-state index in [0.29, 0.717) is 0 Å². The maximum atomic E-state index is 5.28. The molecule has 3 heteroatoms. The molecule has 1 heterocycles. The zero-order chi connectivity index (χ0) is 10.2. The van der Waals surface area contributed by atoms with Gasteiger partial charge in [-0.05, 0) is 12.3 Å². The van der Waals surface area contributed by atoms with Crippen LogP contribution in [0.4, 0.5) is 0 Å². The molecule has 1 rings (SSSR count). The molecule has 0 aromatic carbocycles. The second-order valence-corrected chi connectivity index (χ2v) is 4.40. The van der Waals surface area contributed by atoms with Gasteiger partial charge in [-0.25, -0.2) is 5.01 Å². The van der Waals surface area contributed by atoms with Gasteiger partial charge in [0.15, 0.2) is 0 Å². The lowest BCUT2D eigenvalue weighted by Gasteiger charge is -2.27. The average Bonchev–Trinajstić information content (AvgIpc) is 2.18. The van der Waals surface area contributed by atoms with Crippen LogP contribution in [0.3, 0.4) is 0 Å². The Morgan fingerprint density at radius 1 is 1.21 bits per heavy atom. The Morgan fingerprint density at radius 2 is 1.93 bits per heavy atom. The highest BCUT2D eigenvalue weighted by Crippen LogP contribution is 2.05. The Bertz CT molecular complexity index is 133. The monoisotopic (exact) mass is 200 g/mol. The van der Waals surface area contributed by atoms with E-state index in [0.717, 1.165) is 38.8 Å². The van der Waals surface area contributed by atoms with Crippen molar-refractivity contribution in [3.05, 3.63) is 0 Å². The van der Waals surface area contributed by atoms with E-state index in [2.05, 4.69) is 24.3 Å². The molecule has 0 amide bonds. The highest BCUT2D eigenvalue weighted by atomic mass is 16.5. The van der Waals surface area contributed by atoms with E-state index in [-0.39, 0.29) is 0 Å². The Kier molecular flexibility index (Phi) is 6.15. The van der Waals surface area contributed by atoms with Crippen LogP contribution >= 0.6 is 0 Å². The lowest BCUT2D eigenvalue weighted by Crippen LogP contribution is -2.45. The Hall–Kier alpha value is -0.120. The molecule has 0 bridgehead atoms. The number of morpholine rings is 1. The summed E-state index contributed by atoms with van der Waals surface area (Å²) in [5.41, 5.74) is 3.45. The highest BCUT2D eigenvalue weighted by molar-refractivity contribution is 4.57. The second kappa shape index (κ2) is 7.21. The molecule has 0 unspecified atom stereocenters. The molecule has 84 valence electrons. The molecule has 0 saturated carbocycles. The molecule has 1 saturated heterocycles. The fourth-order valence-electron chi connectivity index (χ4n) is 1.64. The minimum Gasteiger partial charge on any atom is -0.379 e. The molecule has 1 aliphatic rings. The first kappa shape index (κ1) is 12.0. The molecule has 14 heavy (non-hydrogen) atoms. The fourth-order valence-corrected chi connectivity index (χ4v) is 1.64. The number of hydrogen-bond acceptors (Lipinski definition) is 3. The Balaban J connectivity index is 1.87. The SMILES string of the molecule is CC(C)CCCCNN1CCOCC1. The third kappa shape index (κ3) is 5.58. The van der Waals surface area contributed by atoms with Gasteiger partial charge in [0.05, 0.1) is 13.2 Å². The van der Waals surface area contributed by atoms with Crippen LogP contribution in [0.5, 0.6) is 0 Å². The third-order valence-corrected chi connectivity index (χ3v) is 2.55. The Morgan fingerprint density at radius 3 is 2.57 bits per heavy atom.